The topological polar surface area (TPSA) is 3.24 Å². The molecule has 2 aliphatic carbocycles. The van der Waals surface area contributed by atoms with E-state index in [2.05, 4.69) is 237 Å². The first-order valence-corrected chi connectivity index (χ1v) is 26.6. The predicted molar refractivity (Wildman–Crippen MR) is 315 cm³/mol. The molecule has 0 N–H and O–H groups in total. The number of hydrogen-bond acceptors (Lipinski definition) is 1. The summed E-state index contributed by atoms with van der Waals surface area (Å²) in [6.45, 7) is 9.90. The van der Waals surface area contributed by atoms with Crippen LogP contribution in [0.5, 0.6) is 0 Å². The average molecular weight is 996 g/mol. The molecule has 0 saturated heterocycles. The van der Waals surface area contributed by atoms with E-state index < -0.39 is 10.8 Å². The molecule has 0 heterocycles. The molecule has 370 valence electrons. The van der Waals surface area contributed by atoms with Gasteiger partial charge in [-0.1, -0.05) is 214 Å². The molecule has 3 heteroatoms. The van der Waals surface area contributed by atoms with Crippen molar-refractivity contribution >= 4 is 23.1 Å². The summed E-state index contributed by atoms with van der Waals surface area (Å²) >= 11 is 0. The summed E-state index contributed by atoms with van der Waals surface area (Å²) in [5.41, 5.74) is 21.7. The van der Waals surface area contributed by atoms with E-state index >= 15 is 8.78 Å². The fourth-order valence-electron chi connectivity index (χ4n) is 12.7. The maximum atomic E-state index is 16.3. The number of aryl methyl sites for hydroxylation is 3. The number of rotatable bonds is 11. The van der Waals surface area contributed by atoms with Crippen LogP contribution in [-0.2, 0) is 17.3 Å². The molecule has 1 nitrogen and oxygen atoms in total. The second-order valence-electron chi connectivity index (χ2n) is 20.7. The van der Waals surface area contributed by atoms with E-state index in [1.165, 1.54) is 11.1 Å². The lowest BCUT2D eigenvalue weighted by Gasteiger charge is -2.36. The summed E-state index contributed by atoms with van der Waals surface area (Å²) in [6, 6.07) is 88.0. The highest BCUT2D eigenvalue weighted by molar-refractivity contribution is 5.93. The molecule has 77 heavy (non-hydrogen) atoms. The van der Waals surface area contributed by atoms with E-state index in [4.69, 9.17) is 0 Å². The van der Waals surface area contributed by atoms with Crippen LogP contribution < -0.4 is 4.90 Å². The number of halogens is 2. The number of benzene rings is 11. The molecule has 0 spiro atoms. The molecule has 0 amide bonds. The maximum absolute atomic E-state index is 16.3. The standard InChI is InChI=1S/C74H55F2N/c1-5-50-25-33-56(34-26-50)73(58-31-23-48(3)71(75)44-58)67-21-12-10-19-63(67)65-41-39-61(46-69(65)73)77(60-37-29-53(30-38-60)55-18-14-17-54(43-55)52-15-8-7-9-16-52)62-40-42-66-64-20-11-13-22-68(64)74(70(66)47-62,57-35-27-51(6-2)28-36-57)59-32-24-49(4)72(76)45-59/h5,7-47H,1,6H2,2-4H3. The lowest BCUT2D eigenvalue weighted by atomic mass is 9.67. The molecule has 13 rings (SSSR count). The monoisotopic (exact) mass is 995 g/mol. The van der Waals surface area contributed by atoms with Crippen molar-refractivity contribution < 1.29 is 8.78 Å². The van der Waals surface area contributed by atoms with E-state index in [1.807, 2.05) is 38.1 Å². The quantitative estimate of drug-likeness (QED) is 0.125. The second kappa shape index (κ2) is 18.9. The normalized spacial score (nSPS) is 15.8. The van der Waals surface area contributed by atoms with E-state index in [1.54, 1.807) is 12.1 Å². The summed E-state index contributed by atoms with van der Waals surface area (Å²) in [5.74, 6) is -0.483. The number of fused-ring (bicyclic) bond motifs is 6. The summed E-state index contributed by atoms with van der Waals surface area (Å²) in [5, 5.41) is 0. The first-order valence-electron chi connectivity index (χ1n) is 26.6. The SMILES string of the molecule is C=Cc1ccc(C2(c3ccc(C)c(F)c3)c3ccccc3-c3ccc(N(c4ccc(-c5cccc(-c6ccccc6)c5)cc4)c4ccc5c(c4)C(c4ccc(CC)cc4)(c4ccc(C)c(F)c4)c4ccccc4-5)cc32)cc1. The zero-order valence-electron chi connectivity index (χ0n) is 43.4. The molecule has 0 radical (unpaired) electrons. The molecule has 0 fully saturated rings. The second-order valence-corrected chi connectivity index (χ2v) is 20.7. The lowest BCUT2D eigenvalue weighted by molar-refractivity contribution is 0.611. The van der Waals surface area contributed by atoms with Crippen molar-refractivity contribution in [3.05, 3.63) is 334 Å². The zero-order valence-corrected chi connectivity index (χ0v) is 43.4. The van der Waals surface area contributed by atoms with Gasteiger partial charge in [0.2, 0.25) is 0 Å². The van der Waals surface area contributed by atoms with Gasteiger partial charge in [0.15, 0.2) is 0 Å². The van der Waals surface area contributed by atoms with Crippen molar-refractivity contribution in [1.82, 2.24) is 0 Å². The Morgan fingerprint density at radius 2 is 0.805 bits per heavy atom. The van der Waals surface area contributed by atoms with Crippen molar-refractivity contribution in [2.45, 2.75) is 38.0 Å². The van der Waals surface area contributed by atoms with Crippen LogP contribution in [0.2, 0.25) is 0 Å². The van der Waals surface area contributed by atoms with Crippen LogP contribution in [0.15, 0.2) is 255 Å². The highest BCUT2D eigenvalue weighted by atomic mass is 19.1. The van der Waals surface area contributed by atoms with E-state index in [0.717, 1.165) is 112 Å². The molecule has 11 aromatic rings. The molecule has 0 aromatic heterocycles. The Morgan fingerprint density at radius 1 is 0.377 bits per heavy atom. The summed E-state index contributed by atoms with van der Waals surface area (Å²) in [6.07, 6.45) is 2.77. The van der Waals surface area contributed by atoms with E-state index in [-0.39, 0.29) is 11.6 Å². The van der Waals surface area contributed by atoms with Gasteiger partial charge in [-0.05, 0) is 186 Å². The molecule has 2 atom stereocenters. The van der Waals surface area contributed by atoms with Crippen LogP contribution in [-0.4, -0.2) is 0 Å². The Bertz CT molecular complexity index is 4080. The summed E-state index contributed by atoms with van der Waals surface area (Å²) < 4.78 is 32.5. The smallest absolute Gasteiger partial charge is 0.126 e. The van der Waals surface area contributed by atoms with Crippen molar-refractivity contribution in [2.75, 3.05) is 4.90 Å². The van der Waals surface area contributed by atoms with Crippen molar-refractivity contribution in [2.24, 2.45) is 0 Å². The van der Waals surface area contributed by atoms with Crippen molar-refractivity contribution in [1.29, 1.82) is 0 Å². The maximum Gasteiger partial charge on any atom is 0.126 e. The van der Waals surface area contributed by atoms with E-state index in [9.17, 15) is 0 Å². The number of hydrogen-bond donors (Lipinski definition) is 0. The molecule has 11 aromatic carbocycles. The Balaban J connectivity index is 1.07. The minimum Gasteiger partial charge on any atom is -0.310 e. The third-order valence-corrected chi connectivity index (χ3v) is 16.6. The van der Waals surface area contributed by atoms with Gasteiger partial charge in [0.1, 0.15) is 11.6 Å². The molecule has 2 unspecified atom stereocenters. The van der Waals surface area contributed by atoms with Gasteiger partial charge in [-0.3, -0.25) is 0 Å². The minimum atomic E-state index is -0.885. The van der Waals surface area contributed by atoms with Crippen LogP contribution in [0, 0.1) is 25.5 Å². The van der Waals surface area contributed by atoms with Gasteiger partial charge in [-0.2, -0.15) is 0 Å². The van der Waals surface area contributed by atoms with Crippen molar-refractivity contribution in [3.8, 4) is 44.5 Å². The molecule has 0 bridgehead atoms. The van der Waals surface area contributed by atoms with Gasteiger partial charge < -0.3 is 4.90 Å². The van der Waals surface area contributed by atoms with Gasteiger partial charge >= 0.3 is 0 Å². The fourth-order valence-corrected chi connectivity index (χ4v) is 12.7. The van der Waals surface area contributed by atoms with Crippen LogP contribution in [0.25, 0.3) is 50.6 Å². The largest absolute Gasteiger partial charge is 0.310 e. The third kappa shape index (κ3) is 7.55. The highest BCUT2D eigenvalue weighted by Crippen LogP contribution is 2.60. The van der Waals surface area contributed by atoms with Crippen LogP contribution in [0.4, 0.5) is 25.8 Å². The van der Waals surface area contributed by atoms with Crippen LogP contribution in [0.3, 0.4) is 0 Å². The molecule has 0 saturated carbocycles. The first kappa shape index (κ1) is 47.5. The van der Waals surface area contributed by atoms with Crippen molar-refractivity contribution in [3.63, 3.8) is 0 Å². The average Bonchev–Trinajstić information content (AvgIpc) is 3.98. The summed E-state index contributed by atoms with van der Waals surface area (Å²) in [4.78, 5) is 2.36. The molecule has 0 aliphatic heterocycles. The predicted octanol–water partition coefficient (Wildman–Crippen LogP) is 19.3. The number of anilines is 3. The third-order valence-electron chi connectivity index (χ3n) is 16.6. The zero-order chi connectivity index (χ0) is 52.4. The van der Waals surface area contributed by atoms with Gasteiger partial charge in [0.05, 0.1) is 10.8 Å². The van der Waals surface area contributed by atoms with Gasteiger partial charge in [-0.25, -0.2) is 8.78 Å². The van der Waals surface area contributed by atoms with Gasteiger partial charge in [-0.15, -0.1) is 0 Å². The van der Waals surface area contributed by atoms with Crippen LogP contribution >= 0.6 is 0 Å². The Kier molecular flexibility index (Phi) is 11.7. The molecular weight excluding hydrogens is 941 g/mol. The Labute approximate surface area is 450 Å². The fraction of sp³-hybridized carbons (Fsp3) is 0.0811. The van der Waals surface area contributed by atoms with Gasteiger partial charge in [0, 0.05) is 17.1 Å². The first-order chi connectivity index (χ1) is 37.7. The van der Waals surface area contributed by atoms with Gasteiger partial charge in [0.25, 0.3) is 0 Å². The van der Waals surface area contributed by atoms with E-state index in [0.29, 0.717) is 11.1 Å². The van der Waals surface area contributed by atoms with Crippen LogP contribution in [0.1, 0.15) is 73.7 Å². The minimum absolute atomic E-state index is 0.236. The highest BCUT2D eigenvalue weighted by Gasteiger charge is 2.48. The lowest BCUT2D eigenvalue weighted by Crippen LogP contribution is -2.29. The molecular formula is C74H55F2N. The Hall–Kier alpha value is -9.18. The molecule has 2 aliphatic rings. The Morgan fingerprint density at radius 3 is 1.30 bits per heavy atom. The number of nitrogens with zero attached hydrogens (tertiary/aromatic N) is 1. The summed E-state index contributed by atoms with van der Waals surface area (Å²) in [7, 11) is 0.